The van der Waals surface area contributed by atoms with Crippen molar-refractivity contribution in [3.63, 3.8) is 0 Å². The molecule has 20 heavy (non-hydrogen) atoms. The van der Waals surface area contributed by atoms with Gasteiger partial charge in [-0.25, -0.2) is 0 Å². The van der Waals surface area contributed by atoms with Crippen LogP contribution in [0.5, 0.6) is 0 Å². The molecule has 1 aromatic rings. The molecule has 1 aromatic carbocycles. The number of alkyl halides is 3. The molecule has 0 fully saturated rings. The summed E-state index contributed by atoms with van der Waals surface area (Å²) in [5, 5.41) is 9.11. The molecule has 0 bridgehead atoms. The van der Waals surface area contributed by atoms with Crippen molar-refractivity contribution < 1.29 is 18.0 Å². The lowest BCUT2D eigenvalue weighted by atomic mass is 10.1. The Bertz CT molecular complexity index is 534. The van der Waals surface area contributed by atoms with E-state index in [1.807, 2.05) is 22.6 Å². The van der Waals surface area contributed by atoms with Gasteiger partial charge in [0.15, 0.2) is 0 Å². The first kappa shape index (κ1) is 16.5. The van der Waals surface area contributed by atoms with Gasteiger partial charge in [-0.05, 0) is 40.3 Å². The van der Waals surface area contributed by atoms with Gasteiger partial charge in [0.1, 0.15) is 6.04 Å². The molecule has 106 valence electrons. The first-order valence-electron chi connectivity index (χ1n) is 5.45. The fraction of sp³-hybridized carbons (Fsp3) is 0.231. The summed E-state index contributed by atoms with van der Waals surface area (Å²) in [6.45, 7) is 2.96. The number of nitrogens with zero attached hydrogens (tertiary/aromatic N) is 2. The molecule has 1 unspecified atom stereocenters. The Hall–Kier alpha value is -1.56. The van der Waals surface area contributed by atoms with E-state index in [4.69, 9.17) is 5.26 Å². The van der Waals surface area contributed by atoms with Gasteiger partial charge in [-0.3, -0.25) is 4.79 Å². The number of nitriles is 1. The van der Waals surface area contributed by atoms with Crippen molar-refractivity contribution in [3.8, 4) is 6.07 Å². The zero-order valence-electron chi connectivity index (χ0n) is 10.2. The Morgan fingerprint density at radius 2 is 2.00 bits per heavy atom. The highest BCUT2D eigenvalue weighted by molar-refractivity contribution is 14.1. The standard InChI is InChI=1S/C13H10F3IN2O/c1-2-7-19(12(20)13(14,15)16)11(8-18)9-3-5-10(17)6-4-9/h2-6,11H,1,7H2. The molecule has 0 aliphatic carbocycles. The molecule has 0 spiro atoms. The highest BCUT2D eigenvalue weighted by Gasteiger charge is 2.44. The number of benzene rings is 1. The van der Waals surface area contributed by atoms with E-state index in [2.05, 4.69) is 6.58 Å². The summed E-state index contributed by atoms with van der Waals surface area (Å²) in [7, 11) is 0. The quantitative estimate of drug-likeness (QED) is 0.580. The van der Waals surface area contributed by atoms with E-state index in [1.54, 1.807) is 18.2 Å². The van der Waals surface area contributed by atoms with Crippen LogP contribution < -0.4 is 0 Å². The summed E-state index contributed by atoms with van der Waals surface area (Å²) in [5.74, 6) is -2.05. The number of carbonyl (C=O) groups is 1. The fourth-order valence-electron chi connectivity index (χ4n) is 1.58. The highest BCUT2D eigenvalue weighted by atomic mass is 127. The van der Waals surface area contributed by atoms with Crippen LogP contribution in [0.3, 0.4) is 0 Å². The van der Waals surface area contributed by atoms with Crippen LogP contribution in [0.15, 0.2) is 36.9 Å². The second-order valence-electron chi connectivity index (χ2n) is 3.83. The van der Waals surface area contributed by atoms with Crippen molar-refractivity contribution in [3.05, 3.63) is 46.1 Å². The van der Waals surface area contributed by atoms with Crippen molar-refractivity contribution >= 4 is 28.5 Å². The minimum absolute atomic E-state index is 0.326. The number of hydrogen-bond acceptors (Lipinski definition) is 2. The largest absolute Gasteiger partial charge is 0.471 e. The van der Waals surface area contributed by atoms with E-state index < -0.39 is 18.1 Å². The Labute approximate surface area is 127 Å². The van der Waals surface area contributed by atoms with Crippen LogP contribution in [-0.4, -0.2) is 23.5 Å². The van der Waals surface area contributed by atoms with Gasteiger partial charge in [-0.15, -0.1) is 6.58 Å². The monoisotopic (exact) mass is 394 g/mol. The topological polar surface area (TPSA) is 44.1 Å². The summed E-state index contributed by atoms with van der Waals surface area (Å²) in [4.78, 5) is 11.8. The van der Waals surface area contributed by atoms with Gasteiger partial charge < -0.3 is 4.90 Å². The average Bonchev–Trinajstić information content (AvgIpc) is 2.38. The number of hydrogen-bond donors (Lipinski definition) is 0. The first-order chi connectivity index (χ1) is 9.31. The molecule has 0 aliphatic rings. The normalized spacial score (nSPS) is 12.3. The van der Waals surface area contributed by atoms with Crippen LogP contribution in [-0.2, 0) is 4.79 Å². The molecule has 0 aromatic heterocycles. The van der Waals surface area contributed by atoms with E-state index in [-0.39, 0.29) is 6.54 Å². The smallest absolute Gasteiger partial charge is 0.311 e. The Balaban J connectivity index is 3.17. The lowest BCUT2D eigenvalue weighted by Gasteiger charge is -2.27. The maximum Gasteiger partial charge on any atom is 0.471 e. The molecule has 1 atom stereocenters. The highest BCUT2D eigenvalue weighted by Crippen LogP contribution is 2.27. The van der Waals surface area contributed by atoms with Gasteiger partial charge in [0.05, 0.1) is 6.07 Å². The lowest BCUT2D eigenvalue weighted by molar-refractivity contribution is -0.186. The van der Waals surface area contributed by atoms with Gasteiger partial charge in [0, 0.05) is 10.1 Å². The van der Waals surface area contributed by atoms with Crippen LogP contribution >= 0.6 is 22.6 Å². The maximum absolute atomic E-state index is 12.6. The third kappa shape index (κ3) is 3.96. The summed E-state index contributed by atoms with van der Waals surface area (Å²) >= 11 is 2.03. The third-order valence-electron chi connectivity index (χ3n) is 2.45. The van der Waals surface area contributed by atoms with Crippen molar-refractivity contribution in [1.29, 1.82) is 5.26 Å². The molecule has 3 nitrogen and oxygen atoms in total. The Morgan fingerprint density at radius 1 is 1.45 bits per heavy atom. The molecule has 7 heteroatoms. The molecule has 0 saturated carbocycles. The van der Waals surface area contributed by atoms with Gasteiger partial charge in [0.25, 0.3) is 0 Å². The van der Waals surface area contributed by atoms with Gasteiger partial charge in [-0.2, -0.15) is 18.4 Å². The van der Waals surface area contributed by atoms with E-state index in [9.17, 15) is 18.0 Å². The molecular weight excluding hydrogens is 384 g/mol. The van der Waals surface area contributed by atoms with Crippen molar-refractivity contribution in [2.24, 2.45) is 0 Å². The molecule has 0 aliphatic heterocycles. The second kappa shape index (κ2) is 6.74. The van der Waals surface area contributed by atoms with Crippen LogP contribution in [0, 0.1) is 14.9 Å². The Kier molecular flexibility index (Phi) is 5.56. The maximum atomic E-state index is 12.6. The first-order valence-corrected chi connectivity index (χ1v) is 6.53. The predicted molar refractivity (Wildman–Crippen MR) is 75.5 cm³/mol. The van der Waals surface area contributed by atoms with Gasteiger partial charge >= 0.3 is 12.1 Å². The molecular formula is C13H10F3IN2O. The van der Waals surface area contributed by atoms with Crippen LogP contribution in [0.25, 0.3) is 0 Å². The molecule has 1 rings (SSSR count). The SMILES string of the molecule is C=CCN(C(=O)C(F)(F)F)C(C#N)c1ccc(I)cc1. The molecule has 0 heterocycles. The van der Waals surface area contributed by atoms with E-state index >= 15 is 0 Å². The predicted octanol–water partition coefficient (Wildman–Crippen LogP) is 3.43. The lowest BCUT2D eigenvalue weighted by Crippen LogP contribution is -2.43. The summed E-state index contributed by atoms with van der Waals surface area (Å²) in [5.41, 5.74) is 0.326. The van der Waals surface area contributed by atoms with Crippen molar-refractivity contribution in [2.75, 3.05) is 6.54 Å². The van der Waals surface area contributed by atoms with Gasteiger partial charge in [0.2, 0.25) is 0 Å². The van der Waals surface area contributed by atoms with Crippen LogP contribution in [0.4, 0.5) is 13.2 Å². The molecule has 0 saturated heterocycles. The number of carbonyl (C=O) groups excluding carboxylic acids is 1. The molecule has 1 amide bonds. The van der Waals surface area contributed by atoms with Crippen LogP contribution in [0.2, 0.25) is 0 Å². The second-order valence-corrected chi connectivity index (χ2v) is 5.07. The minimum Gasteiger partial charge on any atom is -0.311 e. The summed E-state index contributed by atoms with van der Waals surface area (Å²) < 4.78 is 38.6. The summed E-state index contributed by atoms with van der Waals surface area (Å²) in [6, 6.07) is 6.78. The number of halogens is 4. The fourth-order valence-corrected chi connectivity index (χ4v) is 1.94. The van der Waals surface area contributed by atoms with E-state index in [0.29, 0.717) is 10.5 Å². The van der Waals surface area contributed by atoms with Crippen molar-refractivity contribution in [1.82, 2.24) is 4.90 Å². The van der Waals surface area contributed by atoms with E-state index in [1.165, 1.54) is 12.1 Å². The van der Waals surface area contributed by atoms with E-state index in [0.717, 1.165) is 9.65 Å². The van der Waals surface area contributed by atoms with Crippen LogP contribution in [0.1, 0.15) is 11.6 Å². The zero-order chi connectivity index (χ0) is 15.3. The summed E-state index contributed by atoms with van der Waals surface area (Å²) in [6.07, 6.45) is -3.87. The third-order valence-corrected chi connectivity index (χ3v) is 3.17. The van der Waals surface area contributed by atoms with Crippen molar-refractivity contribution in [2.45, 2.75) is 12.2 Å². The number of amides is 1. The average molecular weight is 394 g/mol. The molecule has 0 radical (unpaired) electrons. The molecule has 0 N–H and O–H groups in total. The minimum atomic E-state index is -5.03. The zero-order valence-corrected chi connectivity index (χ0v) is 12.4. The van der Waals surface area contributed by atoms with Gasteiger partial charge in [-0.1, -0.05) is 18.2 Å². The number of rotatable bonds is 4. The Morgan fingerprint density at radius 3 is 2.40 bits per heavy atom.